The number of carbonyl (C=O) groups excluding carboxylic acids is 1. The maximum atomic E-state index is 11.6. The molecule has 7 heteroatoms. The maximum Gasteiger partial charge on any atom is 0.334 e. The van der Waals surface area contributed by atoms with E-state index >= 15 is 0 Å². The molecule has 0 aliphatic carbocycles. The van der Waals surface area contributed by atoms with Crippen LogP contribution in [0.1, 0.15) is 6.92 Å². The third kappa shape index (κ3) is 3.55. The molecule has 0 radical (unpaired) electrons. The minimum atomic E-state index is -0.742. The van der Waals surface area contributed by atoms with Gasteiger partial charge in [0.25, 0.3) is 0 Å². The summed E-state index contributed by atoms with van der Waals surface area (Å²) in [7, 11) is 0. The third-order valence-corrected chi connectivity index (χ3v) is 2.04. The molecule has 1 aromatic rings. The predicted octanol–water partition coefficient (Wildman–Crippen LogP) is 0.876. The zero-order chi connectivity index (χ0) is 13.5. The van der Waals surface area contributed by atoms with Crippen LogP contribution in [-0.2, 0) is 16.1 Å². The molecule has 18 heavy (non-hydrogen) atoms. The Kier molecular flexibility index (Phi) is 4.79. The molecule has 0 N–H and O–H groups in total. The van der Waals surface area contributed by atoms with Gasteiger partial charge in [0.1, 0.15) is 0 Å². The van der Waals surface area contributed by atoms with E-state index in [2.05, 4.69) is 4.74 Å². The summed E-state index contributed by atoms with van der Waals surface area (Å²) in [5, 5.41) is 10.5. The molecule has 96 valence electrons. The standard InChI is InChI=1S/C11H12N2O5/c1-2-18-10(14)6-4-8-12-7-3-5-9(11(12)15)13(16)17/h3-7H,2,8H2,1H3/b6-4+. The smallest absolute Gasteiger partial charge is 0.334 e. The third-order valence-electron chi connectivity index (χ3n) is 2.04. The van der Waals surface area contributed by atoms with Crippen LogP contribution < -0.4 is 5.56 Å². The van der Waals surface area contributed by atoms with Gasteiger partial charge >= 0.3 is 17.2 Å². The van der Waals surface area contributed by atoms with Crippen LogP contribution in [0.2, 0.25) is 0 Å². The number of allylic oxidation sites excluding steroid dienone is 1. The van der Waals surface area contributed by atoms with Crippen LogP contribution >= 0.6 is 0 Å². The van der Waals surface area contributed by atoms with Gasteiger partial charge in [-0.05, 0) is 13.0 Å². The molecule has 0 aromatic carbocycles. The molecule has 7 nitrogen and oxygen atoms in total. The van der Waals surface area contributed by atoms with E-state index in [0.717, 1.165) is 10.6 Å². The van der Waals surface area contributed by atoms with E-state index in [1.807, 2.05) is 0 Å². The highest BCUT2D eigenvalue weighted by molar-refractivity contribution is 5.81. The molecular weight excluding hydrogens is 240 g/mol. The maximum absolute atomic E-state index is 11.6. The number of ether oxygens (including phenoxy) is 1. The van der Waals surface area contributed by atoms with Crippen LogP contribution in [-0.4, -0.2) is 22.1 Å². The predicted molar refractivity (Wildman–Crippen MR) is 63.1 cm³/mol. The van der Waals surface area contributed by atoms with Crippen molar-refractivity contribution in [1.82, 2.24) is 4.57 Å². The molecule has 0 saturated heterocycles. The SMILES string of the molecule is CCOC(=O)/C=C/Cn1cccc([N+](=O)[O-])c1=O. The van der Waals surface area contributed by atoms with Crippen molar-refractivity contribution in [2.75, 3.05) is 6.61 Å². The van der Waals surface area contributed by atoms with Crippen molar-refractivity contribution < 1.29 is 14.5 Å². The Morgan fingerprint density at radius 1 is 1.61 bits per heavy atom. The number of hydrogen-bond donors (Lipinski definition) is 0. The zero-order valence-corrected chi connectivity index (χ0v) is 9.74. The molecule has 0 aliphatic heterocycles. The molecule has 0 amide bonds. The Hall–Kier alpha value is -2.44. The van der Waals surface area contributed by atoms with Gasteiger partial charge in [0.2, 0.25) is 0 Å². The molecular formula is C11H12N2O5. The van der Waals surface area contributed by atoms with E-state index in [1.54, 1.807) is 6.92 Å². The van der Waals surface area contributed by atoms with Crippen molar-refractivity contribution in [3.8, 4) is 0 Å². The number of pyridine rings is 1. The first-order valence-corrected chi connectivity index (χ1v) is 5.23. The van der Waals surface area contributed by atoms with Gasteiger partial charge in [0, 0.05) is 24.9 Å². The van der Waals surface area contributed by atoms with Gasteiger partial charge in [0.15, 0.2) is 0 Å². The second-order valence-corrected chi connectivity index (χ2v) is 3.26. The summed E-state index contributed by atoms with van der Waals surface area (Å²) in [6, 6.07) is 2.53. The fourth-order valence-electron chi connectivity index (χ4n) is 1.26. The quantitative estimate of drug-likeness (QED) is 0.335. The number of rotatable bonds is 5. The van der Waals surface area contributed by atoms with Gasteiger partial charge in [-0.2, -0.15) is 0 Å². The van der Waals surface area contributed by atoms with Gasteiger partial charge in [-0.1, -0.05) is 6.08 Å². The van der Waals surface area contributed by atoms with E-state index in [1.165, 1.54) is 24.4 Å². The van der Waals surface area contributed by atoms with Gasteiger partial charge in [-0.15, -0.1) is 0 Å². The van der Waals surface area contributed by atoms with Crippen LogP contribution in [0.5, 0.6) is 0 Å². The largest absolute Gasteiger partial charge is 0.463 e. The van der Waals surface area contributed by atoms with Crippen molar-refractivity contribution in [3.63, 3.8) is 0 Å². The number of aromatic nitrogens is 1. The second kappa shape index (κ2) is 6.33. The lowest BCUT2D eigenvalue weighted by atomic mass is 10.4. The summed E-state index contributed by atoms with van der Waals surface area (Å²) in [6.45, 7) is 2.01. The van der Waals surface area contributed by atoms with Crippen LogP contribution in [0.4, 0.5) is 5.69 Å². The summed E-state index contributed by atoms with van der Waals surface area (Å²) < 4.78 is 5.78. The minimum absolute atomic E-state index is 0.0688. The van der Waals surface area contributed by atoms with Gasteiger partial charge in [0.05, 0.1) is 11.5 Å². The van der Waals surface area contributed by atoms with Crippen molar-refractivity contribution in [3.05, 3.63) is 50.9 Å². The fraction of sp³-hybridized carbons (Fsp3) is 0.273. The van der Waals surface area contributed by atoms with Crippen LogP contribution in [0.15, 0.2) is 35.3 Å². The molecule has 1 heterocycles. The topological polar surface area (TPSA) is 91.4 Å². The lowest BCUT2D eigenvalue weighted by Crippen LogP contribution is -2.21. The van der Waals surface area contributed by atoms with Gasteiger partial charge < -0.3 is 9.30 Å². The molecule has 1 aromatic heterocycles. The van der Waals surface area contributed by atoms with Gasteiger partial charge in [-0.25, -0.2) is 4.79 Å². The van der Waals surface area contributed by atoms with E-state index in [0.29, 0.717) is 0 Å². The van der Waals surface area contributed by atoms with Crippen LogP contribution in [0, 0.1) is 10.1 Å². The highest BCUT2D eigenvalue weighted by Gasteiger charge is 2.12. The molecule has 0 fully saturated rings. The molecule has 0 aliphatic rings. The van der Waals surface area contributed by atoms with E-state index in [9.17, 15) is 19.7 Å². The Morgan fingerprint density at radius 3 is 2.94 bits per heavy atom. The zero-order valence-electron chi connectivity index (χ0n) is 9.74. The van der Waals surface area contributed by atoms with Crippen molar-refractivity contribution in [2.24, 2.45) is 0 Å². The molecule has 0 unspecified atom stereocenters. The monoisotopic (exact) mass is 252 g/mol. The first-order chi connectivity index (χ1) is 8.56. The Labute approximate surface area is 102 Å². The summed E-state index contributed by atoms with van der Waals surface area (Å²) >= 11 is 0. The second-order valence-electron chi connectivity index (χ2n) is 3.26. The first-order valence-electron chi connectivity index (χ1n) is 5.23. The van der Waals surface area contributed by atoms with Crippen LogP contribution in [0.25, 0.3) is 0 Å². The number of carbonyl (C=O) groups is 1. The van der Waals surface area contributed by atoms with Crippen LogP contribution in [0.3, 0.4) is 0 Å². The average Bonchev–Trinajstić information content (AvgIpc) is 2.31. The average molecular weight is 252 g/mol. The Balaban J connectivity index is 2.80. The van der Waals surface area contributed by atoms with Crippen molar-refractivity contribution in [2.45, 2.75) is 13.5 Å². The van der Waals surface area contributed by atoms with E-state index in [4.69, 9.17) is 0 Å². The van der Waals surface area contributed by atoms with Gasteiger partial charge in [-0.3, -0.25) is 14.9 Å². The first kappa shape index (κ1) is 13.6. The highest BCUT2D eigenvalue weighted by atomic mass is 16.6. The van der Waals surface area contributed by atoms with Crippen molar-refractivity contribution >= 4 is 11.7 Å². The number of nitro groups is 1. The van der Waals surface area contributed by atoms with E-state index in [-0.39, 0.29) is 13.2 Å². The Bertz CT molecular complexity index is 532. The number of esters is 1. The fourth-order valence-corrected chi connectivity index (χ4v) is 1.26. The lowest BCUT2D eigenvalue weighted by molar-refractivity contribution is -0.386. The molecule has 0 spiro atoms. The highest BCUT2D eigenvalue weighted by Crippen LogP contribution is 2.01. The van der Waals surface area contributed by atoms with Crippen molar-refractivity contribution in [1.29, 1.82) is 0 Å². The summed E-state index contributed by atoms with van der Waals surface area (Å²) in [6.07, 6.45) is 3.99. The molecule has 0 saturated carbocycles. The number of hydrogen-bond acceptors (Lipinski definition) is 5. The minimum Gasteiger partial charge on any atom is -0.463 e. The summed E-state index contributed by atoms with van der Waals surface area (Å²) in [5.41, 5.74) is -1.21. The molecule has 0 atom stereocenters. The number of nitrogens with zero attached hydrogens (tertiary/aromatic N) is 2. The Morgan fingerprint density at radius 2 is 2.33 bits per heavy atom. The summed E-state index contributed by atoms with van der Waals surface area (Å²) in [4.78, 5) is 32.4. The normalized spacial score (nSPS) is 10.5. The lowest BCUT2D eigenvalue weighted by Gasteiger charge is -2.00. The molecule has 1 rings (SSSR count). The summed E-state index contributed by atoms with van der Waals surface area (Å²) in [5.74, 6) is -0.518. The van der Waals surface area contributed by atoms with E-state index < -0.39 is 22.1 Å². The molecule has 0 bridgehead atoms.